The lowest BCUT2D eigenvalue weighted by atomic mass is 10.2. The van der Waals surface area contributed by atoms with Gasteiger partial charge in [0.2, 0.25) is 5.75 Å². The Labute approximate surface area is 225 Å². The number of rotatable bonds is 13. The highest BCUT2D eigenvalue weighted by atomic mass is 79.9. The average Bonchev–Trinajstić information content (AvgIpc) is 3.23. The molecule has 10 nitrogen and oxygen atoms in total. The Morgan fingerprint density at radius 2 is 1.76 bits per heavy atom. The third-order valence-corrected chi connectivity index (χ3v) is 7.30. The molecule has 0 saturated carbocycles. The third kappa shape index (κ3) is 8.42. The molecule has 1 unspecified atom stereocenters. The summed E-state index contributed by atoms with van der Waals surface area (Å²) in [5.41, 5.74) is -0.344. The van der Waals surface area contributed by atoms with Crippen molar-refractivity contribution in [3.05, 3.63) is 58.3 Å². The summed E-state index contributed by atoms with van der Waals surface area (Å²) in [4.78, 5) is 11.0. The quantitative estimate of drug-likeness (QED) is 0.0839. The van der Waals surface area contributed by atoms with Gasteiger partial charge in [-0.15, -0.1) is 13.2 Å². The number of nitrogens with one attached hydrogen (secondary N) is 2. The Morgan fingerprint density at radius 1 is 1.11 bits per heavy atom. The normalized spacial score (nSPS) is 13.0. The molecule has 2 N–H and O–H groups in total. The van der Waals surface area contributed by atoms with E-state index in [-0.39, 0.29) is 22.8 Å². The molecule has 0 spiro atoms. The molecule has 3 aromatic rings. The Hall–Kier alpha value is -2.16. The molecule has 0 aliphatic carbocycles. The molecule has 2 aromatic carbocycles. The van der Waals surface area contributed by atoms with Crippen LogP contribution in [-0.4, -0.2) is 35.0 Å². The van der Waals surface area contributed by atoms with E-state index < -0.39 is 36.5 Å². The summed E-state index contributed by atoms with van der Waals surface area (Å²) in [6, 6.07) is 8.58. The van der Waals surface area contributed by atoms with Crippen LogP contribution in [0.3, 0.4) is 0 Å². The molecule has 1 heterocycles. The van der Waals surface area contributed by atoms with Crippen LogP contribution in [0.2, 0.25) is 0 Å². The van der Waals surface area contributed by atoms with Gasteiger partial charge in [-0.3, -0.25) is 19.2 Å². The van der Waals surface area contributed by atoms with E-state index in [4.69, 9.17) is 13.7 Å². The van der Waals surface area contributed by atoms with E-state index in [1.165, 1.54) is 18.2 Å². The maximum Gasteiger partial charge on any atom is 0.573 e. The highest BCUT2D eigenvalue weighted by molar-refractivity contribution is 9.09. The second-order valence-corrected chi connectivity index (χ2v) is 10.9. The molecule has 0 aliphatic rings. The van der Waals surface area contributed by atoms with Crippen molar-refractivity contribution < 1.29 is 41.1 Å². The SMILES string of the molecule is CC(OP(=O)(NCCBr)NCCBr)c1cc2cc(Oc3cccc(OC(F)(F)F)c3)c([N+](=O)[O-])cc2o1. The monoisotopic (exact) mass is 673 g/mol. The van der Waals surface area contributed by atoms with Crippen molar-refractivity contribution in [3.63, 3.8) is 0 Å². The number of fused-ring (bicyclic) bond motifs is 1. The number of nitro benzene ring substituents is 1. The van der Waals surface area contributed by atoms with Crippen molar-refractivity contribution in [2.45, 2.75) is 19.4 Å². The second-order valence-electron chi connectivity index (χ2n) is 7.38. The minimum atomic E-state index is -4.91. The molecular weight excluding hydrogens is 654 g/mol. The molecule has 16 heteroatoms. The van der Waals surface area contributed by atoms with Gasteiger partial charge in [0.15, 0.2) is 0 Å². The van der Waals surface area contributed by atoms with Crippen LogP contribution in [0.15, 0.2) is 46.9 Å². The molecule has 1 aromatic heterocycles. The summed E-state index contributed by atoms with van der Waals surface area (Å²) in [5, 5.41) is 18.8. The Bertz CT molecular complexity index is 1280. The predicted octanol–water partition coefficient (Wildman–Crippen LogP) is 7.19. The van der Waals surface area contributed by atoms with Crippen LogP contribution in [0.5, 0.6) is 17.2 Å². The van der Waals surface area contributed by atoms with Gasteiger partial charge in [-0.1, -0.05) is 37.9 Å². The number of furan rings is 1. The van der Waals surface area contributed by atoms with E-state index in [1.54, 1.807) is 13.0 Å². The van der Waals surface area contributed by atoms with Crippen molar-refractivity contribution in [2.75, 3.05) is 23.7 Å². The molecule has 0 radical (unpaired) electrons. The fourth-order valence-electron chi connectivity index (χ4n) is 3.15. The molecule has 1 atom stereocenters. The molecule has 0 saturated heterocycles. The summed E-state index contributed by atoms with van der Waals surface area (Å²) >= 11 is 6.50. The van der Waals surface area contributed by atoms with Gasteiger partial charge in [0.25, 0.3) is 0 Å². The van der Waals surface area contributed by atoms with Gasteiger partial charge in [-0.25, -0.2) is 10.2 Å². The number of hydrogen-bond acceptors (Lipinski definition) is 7. The van der Waals surface area contributed by atoms with Crippen LogP contribution in [0.1, 0.15) is 18.8 Å². The number of nitrogens with zero attached hydrogens (tertiary/aromatic N) is 1. The van der Waals surface area contributed by atoms with Crippen LogP contribution in [0, 0.1) is 10.1 Å². The highest BCUT2D eigenvalue weighted by Gasteiger charge is 2.31. The third-order valence-electron chi connectivity index (χ3n) is 4.62. The zero-order valence-corrected chi connectivity index (χ0v) is 23.2. The number of ether oxygens (including phenoxy) is 2. The van der Waals surface area contributed by atoms with Crippen LogP contribution >= 0.6 is 39.5 Å². The Balaban J connectivity index is 1.89. The topological polar surface area (TPSA) is 125 Å². The van der Waals surface area contributed by atoms with Crippen LogP contribution in [0.25, 0.3) is 11.0 Å². The van der Waals surface area contributed by atoms with E-state index in [0.717, 1.165) is 18.2 Å². The number of nitro groups is 1. The second kappa shape index (κ2) is 12.6. The molecule has 0 amide bonds. The first-order chi connectivity index (χ1) is 17.4. The number of alkyl halides is 5. The van der Waals surface area contributed by atoms with Gasteiger partial charge in [-0.2, -0.15) is 0 Å². The lowest BCUT2D eigenvalue weighted by Gasteiger charge is -2.22. The number of hydrogen-bond donors (Lipinski definition) is 2. The zero-order valence-electron chi connectivity index (χ0n) is 19.1. The largest absolute Gasteiger partial charge is 0.573 e. The van der Waals surface area contributed by atoms with Crippen molar-refractivity contribution >= 4 is 56.2 Å². The van der Waals surface area contributed by atoms with E-state index in [0.29, 0.717) is 29.1 Å². The van der Waals surface area contributed by atoms with Crippen molar-refractivity contribution in [2.24, 2.45) is 0 Å². The van der Waals surface area contributed by atoms with Gasteiger partial charge < -0.3 is 13.9 Å². The lowest BCUT2D eigenvalue weighted by molar-refractivity contribution is -0.385. The first kappa shape index (κ1) is 29.4. The van der Waals surface area contributed by atoms with Crippen molar-refractivity contribution in [1.82, 2.24) is 10.2 Å². The van der Waals surface area contributed by atoms with Gasteiger partial charge >= 0.3 is 19.7 Å². The van der Waals surface area contributed by atoms with E-state index in [2.05, 4.69) is 46.8 Å². The van der Waals surface area contributed by atoms with Crippen LogP contribution < -0.4 is 19.6 Å². The van der Waals surface area contributed by atoms with Crippen LogP contribution in [-0.2, 0) is 9.09 Å². The minimum absolute atomic E-state index is 0.110. The minimum Gasteiger partial charge on any atom is -0.458 e. The van der Waals surface area contributed by atoms with Crippen LogP contribution in [0.4, 0.5) is 18.9 Å². The van der Waals surface area contributed by atoms with Crippen molar-refractivity contribution in [1.29, 1.82) is 0 Å². The summed E-state index contributed by atoms with van der Waals surface area (Å²) in [6.07, 6.45) is -5.73. The summed E-state index contributed by atoms with van der Waals surface area (Å²) < 4.78 is 71.6. The molecule has 0 bridgehead atoms. The average molecular weight is 675 g/mol. The number of benzene rings is 2. The fourth-order valence-corrected chi connectivity index (χ4v) is 5.78. The fraction of sp³-hybridized carbons (Fsp3) is 0.333. The summed E-state index contributed by atoms with van der Waals surface area (Å²) in [5.74, 6) is -0.646. The first-order valence-corrected chi connectivity index (χ1v) is 14.5. The zero-order chi connectivity index (χ0) is 27.2. The highest BCUT2D eigenvalue weighted by Crippen LogP contribution is 2.45. The standard InChI is InChI=1S/C21H21Br2F3N3O7P/c1-13(36-37(32,27-7-5-22)28-8-6-23)18-9-14-10-20(17(29(30)31)12-19(14)34-18)33-15-3-2-4-16(11-15)35-21(24,25)26/h2-4,9-13H,5-8H2,1H3,(H2,27,28,32). The predicted molar refractivity (Wildman–Crippen MR) is 137 cm³/mol. The summed E-state index contributed by atoms with van der Waals surface area (Å²) in [7, 11) is -3.46. The van der Waals surface area contributed by atoms with E-state index >= 15 is 0 Å². The smallest absolute Gasteiger partial charge is 0.458 e. The molecule has 3 rings (SSSR count). The van der Waals surface area contributed by atoms with E-state index in [9.17, 15) is 27.9 Å². The van der Waals surface area contributed by atoms with Gasteiger partial charge in [0.05, 0.1) is 11.0 Å². The molecular formula is C21H21Br2F3N3O7P. The Morgan fingerprint density at radius 3 is 2.35 bits per heavy atom. The maximum absolute atomic E-state index is 13.1. The van der Waals surface area contributed by atoms with E-state index in [1.807, 2.05) is 0 Å². The molecule has 0 fully saturated rings. The summed E-state index contributed by atoms with van der Waals surface area (Å²) in [6.45, 7) is 2.33. The molecule has 202 valence electrons. The van der Waals surface area contributed by atoms with Gasteiger partial charge in [0.1, 0.15) is 28.9 Å². The lowest BCUT2D eigenvalue weighted by Crippen LogP contribution is -2.27. The van der Waals surface area contributed by atoms with Gasteiger partial charge in [-0.05, 0) is 31.2 Å². The molecule has 0 aliphatic heterocycles. The Kier molecular flexibility index (Phi) is 10.0. The van der Waals surface area contributed by atoms with Gasteiger partial charge in [0, 0.05) is 35.2 Å². The first-order valence-electron chi connectivity index (χ1n) is 10.6. The molecule has 37 heavy (non-hydrogen) atoms. The maximum atomic E-state index is 13.1. The van der Waals surface area contributed by atoms with Crippen molar-refractivity contribution in [3.8, 4) is 17.2 Å². The number of halogens is 5.